The molecule has 0 amide bonds. The number of anilines is 1. The van der Waals surface area contributed by atoms with Gasteiger partial charge in [0, 0.05) is 47.2 Å². The Morgan fingerprint density at radius 2 is 2.14 bits per heavy atom. The van der Waals surface area contributed by atoms with Crippen LogP contribution in [0.15, 0.2) is 30.9 Å². The predicted octanol–water partition coefficient (Wildman–Crippen LogP) is 3.02. The minimum atomic E-state index is -2.68. The Bertz CT molecular complexity index is 1130. The first-order valence-electron chi connectivity index (χ1n) is 9.21. The first kappa shape index (κ1) is 19.6. The molecule has 0 radical (unpaired) electrons. The fourth-order valence-corrected chi connectivity index (χ4v) is 4.86. The molecule has 0 bridgehead atoms. The Morgan fingerprint density at radius 1 is 1.31 bits per heavy atom. The van der Waals surface area contributed by atoms with E-state index < -0.39 is 16.2 Å². The van der Waals surface area contributed by atoms with Gasteiger partial charge in [-0.05, 0) is 24.8 Å². The van der Waals surface area contributed by atoms with E-state index in [2.05, 4.69) is 24.8 Å². The Kier molecular flexibility index (Phi) is 5.15. The molecule has 0 saturated carbocycles. The molecule has 1 aliphatic rings. The number of hydrogen-bond donors (Lipinski definition) is 1. The van der Waals surface area contributed by atoms with E-state index in [4.69, 9.17) is 4.78 Å². The molecule has 1 fully saturated rings. The molecule has 1 N–H and O–H groups in total. The predicted molar refractivity (Wildman–Crippen MR) is 106 cm³/mol. The van der Waals surface area contributed by atoms with Crippen molar-refractivity contribution in [1.29, 1.82) is 4.78 Å². The summed E-state index contributed by atoms with van der Waals surface area (Å²) in [5, 5.41) is 0. The summed E-state index contributed by atoms with van der Waals surface area (Å²) in [7, 11) is -2.55. The Labute approximate surface area is 167 Å². The van der Waals surface area contributed by atoms with E-state index in [-0.39, 0.29) is 11.6 Å². The van der Waals surface area contributed by atoms with Gasteiger partial charge in [0.2, 0.25) is 0 Å². The van der Waals surface area contributed by atoms with Crippen LogP contribution in [0.1, 0.15) is 25.0 Å². The maximum Gasteiger partial charge on any atom is 0.281 e. The number of alkyl halides is 2. The highest BCUT2D eigenvalue weighted by atomic mass is 32.2. The Morgan fingerprint density at radius 3 is 2.90 bits per heavy atom. The number of nitrogens with zero attached hydrogens (tertiary/aromatic N) is 6. The normalized spacial score (nSPS) is 19.6. The molecule has 1 aliphatic heterocycles. The van der Waals surface area contributed by atoms with Crippen LogP contribution < -0.4 is 4.90 Å². The van der Waals surface area contributed by atoms with Crippen molar-refractivity contribution in [3.63, 3.8) is 0 Å². The number of fused-ring (bicyclic) bond motifs is 1. The zero-order valence-corrected chi connectivity index (χ0v) is 16.6. The van der Waals surface area contributed by atoms with Crippen LogP contribution in [0, 0.1) is 10.7 Å². The molecule has 4 rings (SSSR count). The standard InChI is InChI=1S/C18H21F2N7OS/c1-29(21,28)11-12-3-2-6-26(9-12)15-4-5-22-18(25-15)14-7-24-16-8-23-13(17(19)20)10-27(14)16/h4-5,7-8,10,12,17,21H,2-3,6,9,11H2,1H3. The van der Waals surface area contributed by atoms with Gasteiger partial charge in [-0.1, -0.05) is 0 Å². The molecule has 3 aromatic heterocycles. The molecule has 0 spiro atoms. The van der Waals surface area contributed by atoms with E-state index in [1.807, 2.05) is 0 Å². The molecule has 154 valence electrons. The second kappa shape index (κ2) is 7.62. The van der Waals surface area contributed by atoms with Gasteiger partial charge >= 0.3 is 0 Å². The van der Waals surface area contributed by atoms with Crippen LogP contribution in [0.25, 0.3) is 17.2 Å². The average molecular weight is 421 g/mol. The fourth-order valence-electron chi connectivity index (χ4n) is 3.69. The van der Waals surface area contributed by atoms with Crippen molar-refractivity contribution in [2.75, 3.05) is 30.0 Å². The molecule has 11 heteroatoms. The molecular formula is C18H21F2N7OS. The lowest BCUT2D eigenvalue weighted by Crippen LogP contribution is -2.38. The topological polar surface area (TPSA) is 100 Å². The average Bonchev–Trinajstić information content (AvgIpc) is 3.10. The largest absolute Gasteiger partial charge is 0.356 e. The highest BCUT2D eigenvalue weighted by Gasteiger charge is 2.24. The van der Waals surface area contributed by atoms with Crippen LogP contribution in [0.3, 0.4) is 0 Å². The quantitative estimate of drug-likeness (QED) is 0.680. The number of imidazole rings is 1. The molecule has 2 unspecified atom stereocenters. The van der Waals surface area contributed by atoms with Crippen LogP contribution in [-0.2, 0) is 9.73 Å². The lowest BCUT2D eigenvalue weighted by molar-refractivity contribution is 0.145. The molecule has 3 aromatic rings. The summed E-state index contributed by atoms with van der Waals surface area (Å²) in [5.74, 6) is 1.64. The van der Waals surface area contributed by atoms with Gasteiger partial charge in [-0.25, -0.2) is 28.7 Å². The van der Waals surface area contributed by atoms with Crippen molar-refractivity contribution in [3.8, 4) is 11.5 Å². The summed E-state index contributed by atoms with van der Waals surface area (Å²) < 4.78 is 47.1. The van der Waals surface area contributed by atoms with E-state index in [0.29, 0.717) is 35.3 Å². The maximum absolute atomic E-state index is 13.0. The van der Waals surface area contributed by atoms with E-state index >= 15 is 0 Å². The minimum absolute atomic E-state index is 0.174. The lowest BCUT2D eigenvalue weighted by Gasteiger charge is -2.33. The number of hydrogen-bond acceptors (Lipinski definition) is 7. The summed E-state index contributed by atoms with van der Waals surface area (Å²) in [6.45, 7) is 1.48. The van der Waals surface area contributed by atoms with Crippen LogP contribution in [0.5, 0.6) is 0 Å². The Balaban J connectivity index is 1.64. The second-order valence-corrected chi connectivity index (χ2v) is 9.69. The Hall–Kier alpha value is -2.69. The number of rotatable bonds is 5. The summed E-state index contributed by atoms with van der Waals surface area (Å²) >= 11 is 0. The van der Waals surface area contributed by atoms with E-state index in [0.717, 1.165) is 19.4 Å². The second-order valence-electron chi connectivity index (χ2n) is 7.35. The number of halogens is 2. The SMILES string of the molecule is CS(=N)(=O)CC1CCCN(c2ccnc(-c3cnc4cnc(C(F)F)cn34)n2)C1. The zero-order chi connectivity index (χ0) is 20.6. The van der Waals surface area contributed by atoms with Gasteiger partial charge in [-0.2, -0.15) is 0 Å². The highest BCUT2D eigenvalue weighted by molar-refractivity contribution is 7.91. The molecule has 0 aromatic carbocycles. The number of piperidine rings is 1. The van der Waals surface area contributed by atoms with E-state index in [9.17, 15) is 13.0 Å². The zero-order valence-electron chi connectivity index (χ0n) is 15.8. The van der Waals surface area contributed by atoms with Gasteiger partial charge in [0.05, 0.1) is 12.4 Å². The fraction of sp³-hybridized carbons (Fsp3) is 0.444. The third kappa shape index (κ3) is 4.34. The van der Waals surface area contributed by atoms with Gasteiger partial charge in [0.25, 0.3) is 6.43 Å². The van der Waals surface area contributed by atoms with Crippen LogP contribution in [0.4, 0.5) is 14.6 Å². The molecule has 1 saturated heterocycles. The highest BCUT2D eigenvalue weighted by Crippen LogP contribution is 2.25. The van der Waals surface area contributed by atoms with Gasteiger partial charge in [0.1, 0.15) is 17.2 Å². The van der Waals surface area contributed by atoms with E-state index in [1.54, 1.807) is 12.3 Å². The van der Waals surface area contributed by atoms with Crippen LogP contribution >= 0.6 is 0 Å². The first-order valence-corrected chi connectivity index (χ1v) is 11.3. The number of aromatic nitrogens is 5. The maximum atomic E-state index is 13.0. The van der Waals surface area contributed by atoms with Crippen molar-refractivity contribution < 1.29 is 13.0 Å². The molecule has 2 atom stereocenters. The first-order chi connectivity index (χ1) is 13.8. The van der Waals surface area contributed by atoms with E-state index in [1.165, 1.54) is 29.2 Å². The van der Waals surface area contributed by atoms with Crippen molar-refractivity contribution >= 4 is 21.2 Å². The molecule has 29 heavy (non-hydrogen) atoms. The third-order valence-electron chi connectivity index (χ3n) is 4.91. The summed E-state index contributed by atoms with van der Waals surface area (Å²) in [6, 6.07) is 1.80. The molecule has 0 aliphatic carbocycles. The van der Waals surface area contributed by atoms with Gasteiger partial charge in [-0.3, -0.25) is 13.4 Å². The van der Waals surface area contributed by atoms with Crippen molar-refractivity contribution in [2.24, 2.45) is 5.92 Å². The molecular weight excluding hydrogens is 400 g/mol. The van der Waals surface area contributed by atoms with Gasteiger partial charge < -0.3 is 4.90 Å². The summed E-state index contributed by atoms with van der Waals surface area (Å²) in [4.78, 5) is 18.9. The molecule has 4 heterocycles. The summed E-state index contributed by atoms with van der Waals surface area (Å²) in [5.41, 5.74) is 0.595. The smallest absolute Gasteiger partial charge is 0.281 e. The van der Waals surface area contributed by atoms with Crippen LogP contribution in [0.2, 0.25) is 0 Å². The lowest BCUT2D eigenvalue weighted by atomic mass is 10.0. The van der Waals surface area contributed by atoms with Gasteiger partial charge in [-0.15, -0.1) is 0 Å². The van der Waals surface area contributed by atoms with Crippen molar-refractivity contribution in [1.82, 2.24) is 24.3 Å². The number of nitrogens with one attached hydrogen (secondary N) is 1. The monoisotopic (exact) mass is 421 g/mol. The third-order valence-corrected chi connectivity index (χ3v) is 6.01. The van der Waals surface area contributed by atoms with Crippen molar-refractivity contribution in [2.45, 2.75) is 19.3 Å². The van der Waals surface area contributed by atoms with Crippen molar-refractivity contribution in [3.05, 3.63) is 36.5 Å². The van der Waals surface area contributed by atoms with Crippen LogP contribution in [-0.4, -0.2) is 53.6 Å². The summed E-state index contributed by atoms with van der Waals surface area (Å²) in [6.07, 6.45) is 6.38. The minimum Gasteiger partial charge on any atom is -0.356 e. The molecule has 8 nitrogen and oxygen atoms in total. The van der Waals surface area contributed by atoms with Gasteiger partial charge in [0.15, 0.2) is 11.5 Å².